The maximum Gasteiger partial charge on any atom is 0.168 e. The van der Waals surface area contributed by atoms with Gasteiger partial charge in [0.1, 0.15) is 0 Å². The van der Waals surface area contributed by atoms with Gasteiger partial charge in [-0.3, -0.25) is 5.41 Å². The first kappa shape index (κ1) is 6.91. The third kappa shape index (κ3) is 0.871. The van der Waals surface area contributed by atoms with Gasteiger partial charge >= 0.3 is 0 Å². The number of nitrogens with zero attached hydrogens (tertiary/aromatic N) is 1. The number of benzene rings is 1. The van der Waals surface area contributed by atoms with Crippen LogP contribution in [0.4, 0.5) is 0 Å². The molecule has 2 N–H and O–H groups in total. The molecule has 2 aromatic rings. The molecule has 0 radical (unpaired) electrons. The quantitative estimate of drug-likeness (QED) is 0.561. The Morgan fingerprint density at radius 2 is 1.92 bits per heavy atom. The molecule has 0 atom stereocenters. The van der Waals surface area contributed by atoms with Crippen LogP contribution in [-0.2, 0) is 0 Å². The zero-order valence-electron chi connectivity index (χ0n) is 6.36. The maximum absolute atomic E-state index is 9.15. The van der Waals surface area contributed by atoms with E-state index in [-0.39, 0.29) is 5.49 Å². The van der Waals surface area contributed by atoms with Crippen molar-refractivity contribution in [1.29, 1.82) is 5.41 Å². The van der Waals surface area contributed by atoms with Crippen LogP contribution in [0.15, 0.2) is 36.5 Å². The van der Waals surface area contributed by atoms with Crippen LogP contribution in [0.1, 0.15) is 0 Å². The average Bonchev–Trinajstić information content (AvgIpc) is 2.12. The van der Waals surface area contributed by atoms with Crippen molar-refractivity contribution < 1.29 is 5.21 Å². The number of hydrogen-bond acceptors (Lipinski definition) is 2. The molecule has 60 valence electrons. The molecule has 0 aliphatic heterocycles. The Labute approximate surface area is 69.0 Å². The Balaban J connectivity index is 3.01. The first-order chi connectivity index (χ1) is 5.79. The Kier molecular flexibility index (Phi) is 1.37. The van der Waals surface area contributed by atoms with Crippen molar-refractivity contribution in [1.82, 2.24) is 4.73 Å². The van der Waals surface area contributed by atoms with Crippen LogP contribution < -0.4 is 5.49 Å². The standard InChI is InChI=1S/C9H8N2O/c10-9-8-4-2-1-3-7(8)5-6-11(9)12/h1-6,10,12H. The third-order valence-electron chi connectivity index (χ3n) is 1.84. The maximum atomic E-state index is 9.15. The molecule has 0 aliphatic rings. The monoisotopic (exact) mass is 160 g/mol. The minimum absolute atomic E-state index is 0.119. The van der Waals surface area contributed by atoms with E-state index in [2.05, 4.69) is 0 Å². The highest BCUT2D eigenvalue weighted by Crippen LogP contribution is 2.06. The number of rotatable bonds is 0. The van der Waals surface area contributed by atoms with E-state index < -0.39 is 0 Å². The summed E-state index contributed by atoms with van der Waals surface area (Å²) in [5.74, 6) is 0. The van der Waals surface area contributed by atoms with Crippen molar-refractivity contribution in [3.8, 4) is 0 Å². The average molecular weight is 160 g/mol. The van der Waals surface area contributed by atoms with Crippen LogP contribution in [0, 0.1) is 5.41 Å². The smallest absolute Gasteiger partial charge is 0.168 e. The van der Waals surface area contributed by atoms with Crippen LogP contribution in [0.25, 0.3) is 10.8 Å². The van der Waals surface area contributed by atoms with E-state index in [0.29, 0.717) is 0 Å². The van der Waals surface area contributed by atoms with E-state index in [4.69, 9.17) is 10.6 Å². The van der Waals surface area contributed by atoms with Gasteiger partial charge in [-0.1, -0.05) is 24.3 Å². The summed E-state index contributed by atoms with van der Waals surface area (Å²) < 4.78 is 0.808. The fourth-order valence-electron chi connectivity index (χ4n) is 1.21. The normalized spacial score (nSPS) is 10.3. The molecule has 1 aromatic carbocycles. The van der Waals surface area contributed by atoms with Crippen LogP contribution >= 0.6 is 0 Å². The van der Waals surface area contributed by atoms with Crippen molar-refractivity contribution in [2.24, 2.45) is 0 Å². The minimum atomic E-state index is 0.119. The molecule has 0 bridgehead atoms. The first-order valence-corrected chi connectivity index (χ1v) is 3.63. The van der Waals surface area contributed by atoms with Crippen molar-refractivity contribution in [2.45, 2.75) is 0 Å². The van der Waals surface area contributed by atoms with Gasteiger partial charge in [0.2, 0.25) is 0 Å². The molecule has 0 aliphatic carbocycles. The van der Waals surface area contributed by atoms with Crippen LogP contribution in [0.3, 0.4) is 0 Å². The van der Waals surface area contributed by atoms with E-state index in [1.54, 1.807) is 6.07 Å². The zero-order chi connectivity index (χ0) is 8.55. The summed E-state index contributed by atoms with van der Waals surface area (Å²) in [6.45, 7) is 0. The second kappa shape index (κ2) is 2.37. The molecule has 0 fully saturated rings. The van der Waals surface area contributed by atoms with Gasteiger partial charge in [-0.25, -0.2) is 0 Å². The first-order valence-electron chi connectivity index (χ1n) is 3.63. The van der Waals surface area contributed by atoms with Crippen molar-refractivity contribution in [2.75, 3.05) is 0 Å². The number of nitrogens with one attached hydrogen (secondary N) is 1. The lowest BCUT2D eigenvalue weighted by atomic mass is 10.2. The SMILES string of the molecule is N=c1c2ccccc2ccn1O. The predicted molar refractivity (Wildman–Crippen MR) is 45.0 cm³/mol. The Morgan fingerprint density at radius 3 is 2.75 bits per heavy atom. The molecule has 1 heterocycles. The van der Waals surface area contributed by atoms with Gasteiger partial charge in [-0.15, -0.1) is 0 Å². The molecule has 3 nitrogen and oxygen atoms in total. The largest absolute Gasteiger partial charge is 0.427 e. The highest BCUT2D eigenvalue weighted by molar-refractivity contribution is 5.80. The van der Waals surface area contributed by atoms with Gasteiger partial charge in [0.05, 0.1) is 0 Å². The van der Waals surface area contributed by atoms with Gasteiger partial charge in [-0.05, 0) is 11.5 Å². The number of aromatic nitrogens is 1. The van der Waals surface area contributed by atoms with Crippen LogP contribution in [-0.4, -0.2) is 9.94 Å². The second-order valence-electron chi connectivity index (χ2n) is 2.60. The summed E-state index contributed by atoms with van der Waals surface area (Å²) in [7, 11) is 0. The van der Waals surface area contributed by atoms with Gasteiger partial charge in [0.15, 0.2) is 5.49 Å². The second-order valence-corrected chi connectivity index (χ2v) is 2.60. The van der Waals surface area contributed by atoms with E-state index in [1.165, 1.54) is 6.20 Å². The minimum Gasteiger partial charge on any atom is -0.427 e. The molecule has 0 unspecified atom stereocenters. The Morgan fingerprint density at radius 1 is 1.17 bits per heavy atom. The van der Waals surface area contributed by atoms with Gasteiger partial charge < -0.3 is 5.21 Å². The van der Waals surface area contributed by atoms with E-state index in [9.17, 15) is 0 Å². The molecule has 0 amide bonds. The predicted octanol–water partition coefficient (Wildman–Crippen LogP) is 1.36. The Bertz CT molecular complexity index is 473. The van der Waals surface area contributed by atoms with Crippen molar-refractivity contribution >= 4 is 10.8 Å². The summed E-state index contributed by atoms with van der Waals surface area (Å²) in [6.07, 6.45) is 1.46. The molecular formula is C9H8N2O. The van der Waals surface area contributed by atoms with Crippen molar-refractivity contribution in [3.63, 3.8) is 0 Å². The van der Waals surface area contributed by atoms with E-state index in [1.807, 2.05) is 24.3 Å². The Hall–Kier alpha value is -1.77. The number of pyridine rings is 1. The lowest BCUT2D eigenvalue weighted by molar-refractivity contribution is 0.172. The summed E-state index contributed by atoms with van der Waals surface area (Å²) in [5.41, 5.74) is 0.119. The molecule has 2 rings (SSSR count). The highest BCUT2D eigenvalue weighted by atomic mass is 16.5. The van der Waals surface area contributed by atoms with E-state index >= 15 is 0 Å². The molecule has 0 saturated heterocycles. The summed E-state index contributed by atoms with van der Waals surface area (Å²) in [5, 5.41) is 18.4. The lowest BCUT2D eigenvalue weighted by Gasteiger charge is -2.00. The topological polar surface area (TPSA) is 49.0 Å². The molecule has 1 aromatic heterocycles. The summed E-state index contributed by atoms with van der Waals surface area (Å²) >= 11 is 0. The highest BCUT2D eigenvalue weighted by Gasteiger charge is 1.95. The van der Waals surface area contributed by atoms with Crippen LogP contribution in [0.5, 0.6) is 0 Å². The molecular weight excluding hydrogens is 152 g/mol. The van der Waals surface area contributed by atoms with Gasteiger partial charge in [0, 0.05) is 11.6 Å². The molecule has 0 spiro atoms. The summed E-state index contributed by atoms with van der Waals surface area (Å²) in [4.78, 5) is 0. The number of hydrogen-bond donors (Lipinski definition) is 2. The number of fused-ring (bicyclic) bond motifs is 1. The zero-order valence-corrected chi connectivity index (χ0v) is 6.36. The fraction of sp³-hybridized carbons (Fsp3) is 0. The lowest BCUT2D eigenvalue weighted by Crippen LogP contribution is -2.16. The van der Waals surface area contributed by atoms with Gasteiger partial charge in [0.25, 0.3) is 0 Å². The molecule has 12 heavy (non-hydrogen) atoms. The van der Waals surface area contributed by atoms with E-state index in [0.717, 1.165) is 15.5 Å². The third-order valence-corrected chi connectivity index (χ3v) is 1.84. The summed E-state index contributed by atoms with van der Waals surface area (Å²) in [6, 6.07) is 9.25. The van der Waals surface area contributed by atoms with Crippen LogP contribution in [0.2, 0.25) is 0 Å². The van der Waals surface area contributed by atoms with Crippen molar-refractivity contribution in [3.05, 3.63) is 42.0 Å². The fourth-order valence-corrected chi connectivity index (χ4v) is 1.21. The van der Waals surface area contributed by atoms with Gasteiger partial charge in [-0.2, -0.15) is 4.73 Å². The molecule has 0 saturated carbocycles. The molecule has 3 heteroatoms.